The summed E-state index contributed by atoms with van der Waals surface area (Å²) in [5.41, 5.74) is 11.0. The van der Waals surface area contributed by atoms with E-state index in [9.17, 15) is 0 Å². The van der Waals surface area contributed by atoms with Crippen LogP contribution < -0.4 is 0 Å². The van der Waals surface area contributed by atoms with Crippen molar-refractivity contribution in [1.29, 1.82) is 0 Å². The fourth-order valence-electron chi connectivity index (χ4n) is 6.32. The van der Waals surface area contributed by atoms with E-state index in [-0.39, 0.29) is 0 Å². The Kier molecular flexibility index (Phi) is 7.06. The third-order valence-electron chi connectivity index (χ3n) is 8.73. The van der Waals surface area contributed by atoms with Crippen molar-refractivity contribution in [1.82, 2.24) is 19.9 Å². The van der Waals surface area contributed by atoms with Crippen molar-refractivity contribution in [2.75, 3.05) is 0 Å². The highest BCUT2D eigenvalue weighted by atomic mass is 16.3. The Labute approximate surface area is 283 Å². The largest absolute Gasteiger partial charge is 0.438 e. The van der Waals surface area contributed by atoms with E-state index < -0.39 is 0 Å². The van der Waals surface area contributed by atoms with Crippen LogP contribution in [0.1, 0.15) is 0 Å². The van der Waals surface area contributed by atoms with E-state index in [4.69, 9.17) is 24.4 Å². The van der Waals surface area contributed by atoms with E-state index in [1.165, 1.54) is 0 Å². The Morgan fingerprint density at radius 3 is 1.51 bits per heavy atom. The van der Waals surface area contributed by atoms with E-state index in [1.807, 2.05) is 97.1 Å². The number of aromatic nitrogens is 4. The van der Waals surface area contributed by atoms with Crippen LogP contribution in [-0.4, -0.2) is 19.9 Å². The summed E-state index contributed by atoms with van der Waals surface area (Å²) in [4.78, 5) is 20.0. The first kappa shape index (κ1) is 28.5. The minimum atomic E-state index is 0.574. The molecule has 0 radical (unpaired) electrons. The Morgan fingerprint density at radius 2 is 0.837 bits per heavy atom. The van der Waals surface area contributed by atoms with Crippen LogP contribution in [-0.2, 0) is 0 Å². The maximum Gasteiger partial charge on any atom is 0.231 e. The number of rotatable bonds is 6. The number of furan rings is 1. The molecule has 5 heteroatoms. The molecule has 9 aromatic rings. The van der Waals surface area contributed by atoms with Crippen LogP contribution in [0.2, 0.25) is 0 Å². The number of hydrogen-bond acceptors (Lipinski definition) is 5. The highest BCUT2D eigenvalue weighted by molar-refractivity contribution is 6.10. The second-order valence-corrected chi connectivity index (χ2v) is 11.9. The summed E-state index contributed by atoms with van der Waals surface area (Å²) in [5.74, 6) is 1.32. The molecule has 0 spiro atoms. The first-order valence-electron chi connectivity index (χ1n) is 16.2. The molecule has 0 saturated heterocycles. The highest BCUT2D eigenvalue weighted by Crippen LogP contribution is 2.38. The van der Waals surface area contributed by atoms with Crippen molar-refractivity contribution in [3.63, 3.8) is 0 Å². The number of para-hydroxylation sites is 1. The third kappa shape index (κ3) is 5.43. The van der Waals surface area contributed by atoms with Crippen LogP contribution in [0.15, 0.2) is 174 Å². The second kappa shape index (κ2) is 12.1. The van der Waals surface area contributed by atoms with Crippen molar-refractivity contribution in [3.05, 3.63) is 170 Å². The number of nitrogens with zero attached hydrogens (tertiary/aromatic N) is 4. The zero-order valence-electron chi connectivity index (χ0n) is 26.4. The standard InChI is InChI=1S/C44H28N4O/c1-4-14-29(15-5-1)37-28-38(46-42(45-37)30-16-6-2-7-17-30)34-22-12-20-32(26-34)33-21-13-23-35(27-33)41-40-36-24-10-11-25-39(36)49-44(40)48-43(47-41)31-18-8-3-9-19-31/h1-28H. The Morgan fingerprint density at radius 1 is 0.347 bits per heavy atom. The summed E-state index contributed by atoms with van der Waals surface area (Å²) < 4.78 is 6.28. The summed E-state index contributed by atoms with van der Waals surface area (Å²) in [6, 6.07) is 57.6. The van der Waals surface area contributed by atoms with E-state index in [0.717, 1.165) is 72.4 Å². The van der Waals surface area contributed by atoms with Crippen molar-refractivity contribution >= 4 is 22.1 Å². The van der Waals surface area contributed by atoms with Gasteiger partial charge in [-0.05, 0) is 35.4 Å². The Balaban J connectivity index is 1.17. The monoisotopic (exact) mass is 628 g/mol. The predicted molar refractivity (Wildman–Crippen MR) is 198 cm³/mol. The minimum absolute atomic E-state index is 0.574. The molecule has 6 aromatic carbocycles. The molecule has 0 atom stereocenters. The molecule has 0 aliphatic rings. The van der Waals surface area contributed by atoms with E-state index >= 15 is 0 Å². The van der Waals surface area contributed by atoms with Gasteiger partial charge in [0.2, 0.25) is 5.71 Å². The summed E-state index contributed by atoms with van der Waals surface area (Å²) >= 11 is 0. The quantitative estimate of drug-likeness (QED) is 0.183. The molecular weight excluding hydrogens is 601 g/mol. The van der Waals surface area contributed by atoms with Gasteiger partial charge in [-0.25, -0.2) is 15.0 Å². The van der Waals surface area contributed by atoms with E-state index in [0.29, 0.717) is 17.4 Å². The number of fused-ring (bicyclic) bond motifs is 3. The molecule has 0 fully saturated rings. The topological polar surface area (TPSA) is 64.7 Å². The van der Waals surface area contributed by atoms with Gasteiger partial charge in [0, 0.05) is 33.2 Å². The van der Waals surface area contributed by atoms with Gasteiger partial charge in [0.15, 0.2) is 11.6 Å². The van der Waals surface area contributed by atoms with Gasteiger partial charge in [0.1, 0.15) is 5.58 Å². The molecule has 0 bridgehead atoms. The average Bonchev–Trinajstić information content (AvgIpc) is 3.57. The van der Waals surface area contributed by atoms with E-state index in [2.05, 4.69) is 72.8 Å². The lowest BCUT2D eigenvalue weighted by Crippen LogP contribution is -1.96. The second-order valence-electron chi connectivity index (χ2n) is 11.9. The van der Waals surface area contributed by atoms with Gasteiger partial charge in [-0.1, -0.05) is 146 Å². The average molecular weight is 629 g/mol. The minimum Gasteiger partial charge on any atom is -0.438 e. The maximum atomic E-state index is 6.28. The molecule has 0 saturated carbocycles. The van der Waals surface area contributed by atoms with Gasteiger partial charge >= 0.3 is 0 Å². The van der Waals surface area contributed by atoms with Crippen molar-refractivity contribution in [3.8, 4) is 67.7 Å². The SMILES string of the molecule is c1ccc(-c2cc(-c3cccc(-c4cccc(-c5nc(-c6ccccc6)nc6oc7ccccc7c56)c4)c3)nc(-c3ccccc3)n2)cc1. The van der Waals surface area contributed by atoms with Gasteiger partial charge < -0.3 is 4.42 Å². The van der Waals surface area contributed by atoms with Crippen LogP contribution in [0.5, 0.6) is 0 Å². The fourth-order valence-corrected chi connectivity index (χ4v) is 6.32. The van der Waals surface area contributed by atoms with Gasteiger partial charge in [0.05, 0.1) is 22.5 Å². The summed E-state index contributed by atoms with van der Waals surface area (Å²) in [5, 5.41) is 1.90. The molecule has 0 amide bonds. The maximum absolute atomic E-state index is 6.28. The Hall–Kier alpha value is -6.72. The fraction of sp³-hybridized carbons (Fsp3) is 0. The number of benzene rings is 6. The Bertz CT molecular complexity index is 2540. The molecule has 0 aliphatic heterocycles. The lowest BCUT2D eigenvalue weighted by Gasteiger charge is -2.11. The third-order valence-corrected chi connectivity index (χ3v) is 8.73. The molecule has 49 heavy (non-hydrogen) atoms. The number of hydrogen-bond donors (Lipinski definition) is 0. The summed E-state index contributed by atoms with van der Waals surface area (Å²) in [7, 11) is 0. The molecular formula is C44H28N4O. The zero-order chi connectivity index (χ0) is 32.6. The summed E-state index contributed by atoms with van der Waals surface area (Å²) in [6.45, 7) is 0. The molecule has 0 aliphatic carbocycles. The molecule has 230 valence electrons. The molecule has 0 N–H and O–H groups in total. The zero-order valence-corrected chi connectivity index (χ0v) is 26.4. The molecule has 3 heterocycles. The lowest BCUT2D eigenvalue weighted by molar-refractivity contribution is 0.653. The van der Waals surface area contributed by atoms with Crippen molar-refractivity contribution < 1.29 is 4.42 Å². The van der Waals surface area contributed by atoms with Crippen LogP contribution in [0.4, 0.5) is 0 Å². The predicted octanol–water partition coefficient (Wildman–Crippen LogP) is 11.2. The molecule has 5 nitrogen and oxygen atoms in total. The lowest BCUT2D eigenvalue weighted by atomic mass is 9.97. The van der Waals surface area contributed by atoms with Crippen molar-refractivity contribution in [2.24, 2.45) is 0 Å². The highest BCUT2D eigenvalue weighted by Gasteiger charge is 2.19. The molecule has 0 unspecified atom stereocenters. The first-order valence-corrected chi connectivity index (χ1v) is 16.2. The first-order chi connectivity index (χ1) is 24.3. The van der Waals surface area contributed by atoms with Gasteiger partial charge in [0.25, 0.3) is 0 Å². The van der Waals surface area contributed by atoms with Crippen LogP contribution in [0.25, 0.3) is 89.7 Å². The van der Waals surface area contributed by atoms with Crippen LogP contribution >= 0.6 is 0 Å². The van der Waals surface area contributed by atoms with Crippen LogP contribution in [0, 0.1) is 0 Å². The van der Waals surface area contributed by atoms with Gasteiger partial charge in [-0.2, -0.15) is 4.98 Å². The van der Waals surface area contributed by atoms with Crippen LogP contribution in [0.3, 0.4) is 0 Å². The van der Waals surface area contributed by atoms with Gasteiger partial charge in [-0.3, -0.25) is 0 Å². The normalized spacial score (nSPS) is 11.3. The summed E-state index contributed by atoms with van der Waals surface area (Å²) in [6.07, 6.45) is 0. The van der Waals surface area contributed by atoms with Gasteiger partial charge in [-0.15, -0.1) is 0 Å². The van der Waals surface area contributed by atoms with E-state index in [1.54, 1.807) is 0 Å². The molecule has 9 rings (SSSR count). The molecule has 3 aromatic heterocycles. The smallest absolute Gasteiger partial charge is 0.231 e. The van der Waals surface area contributed by atoms with Crippen molar-refractivity contribution in [2.45, 2.75) is 0 Å².